The van der Waals surface area contributed by atoms with Crippen molar-refractivity contribution in [2.75, 3.05) is 13.2 Å². The number of pyridine rings is 1. The highest BCUT2D eigenvalue weighted by atomic mass is 19.4. The van der Waals surface area contributed by atoms with Gasteiger partial charge >= 0.3 is 36.2 Å². The van der Waals surface area contributed by atoms with Crippen molar-refractivity contribution in [2.24, 2.45) is 5.92 Å². The van der Waals surface area contributed by atoms with Crippen molar-refractivity contribution in [1.29, 1.82) is 0 Å². The Labute approximate surface area is 280 Å². The lowest BCUT2D eigenvalue weighted by atomic mass is 9.88. The van der Waals surface area contributed by atoms with Gasteiger partial charge < -0.3 is 34.1 Å². The molecule has 0 saturated carbocycles. The van der Waals surface area contributed by atoms with Crippen molar-refractivity contribution in [3.8, 4) is 0 Å². The molecule has 2 heterocycles. The van der Waals surface area contributed by atoms with Crippen molar-refractivity contribution >= 4 is 34.8 Å². The van der Waals surface area contributed by atoms with Crippen LogP contribution in [0.1, 0.15) is 50.6 Å². The molecule has 50 heavy (non-hydrogen) atoms. The van der Waals surface area contributed by atoms with E-state index >= 15 is 0 Å². The van der Waals surface area contributed by atoms with Gasteiger partial charge in [-0.05, 0) is 23.3 Å². The minimum atomic E-state index is -5.16. The first-order valence-electron chi connectivity index (χ1n) is 14.9. The molecule has 12 nitrogen and oxygen atoms in total. The molecule has 4 rings (SSSR count). The summed E-state index contributed by atoms with van der Waals surface area (Å²) in [6.07, 6.45) is -13.4. The Bertz CT molecular complexity index is 1690. The van der Waals surface area contributed by atoms with Gasteiger partial charge in [-0.2, -0.15) is 26.3 Å². The van der Waals surface area contributed by atoms with Crippen molar-refractivity contribution in [3.05, 3.63) is 64.9 Å². The maximum absolute atomic E-state index is 13.8. The summed E-state index contributed by atoms with van der Waals surface area (Å²) in [5.74, 6) is -4.37. The first-order valence-corrected chi connectivity index (χ1v) is 14.9. The SMILES string of the molecule is CC(=O)OCC1O[C@@H](OC(C)=O)[C@@H](NCC2=CC=CC2C(O)c2cc(C(F)(F)F)nc3c(C(F)(F)F)cccc23)C(OC(C)=O)[C@@H]1OC(C)=O. The molecule has 1 aromatic carbocycles. The van der Waals surface area contributed by atoms with E-state index in [1.54, 1.807) is 0 Å². The van der Waals surface area contributed by atoms with Crippen LogP contribution < -0.4 is 5.32 Å². The highest BCUT2D eigenvalue weighted by Crippen LogP contribution is 2.42. The smallest absolute Gasteiger partial charge is 0.433 e. The fourth-order valence-electron chi connectivity index (χ4n) is 5.72. The molecule has 1 aliphatic carbocycles. The molecular formula is C32H32F6N2O10. The van der Waals surface area contributed by atoms with Crippen LogP contribution in [0.3, 0.4) is 0 Å². The van der Waals surface area contributed by atoms with Crippen molar-refractivity contribution < 1.29 is 74.3 Å². The van der Waals surface area contributed by atoms with Gasteiger partial charge in [0.05, 0.1) is 17.2 Å². The minimum Gasteiger partial charge on any atom is -0.463 e. The number of carbonyl (C=O) groups is 4. The average molecular weight is 719 g/mol. The molecule has 1 fully saturated rings. The largest absolute Gasteiger partial charge is 0.463 e. The van der Waals surface area contributed by atoms with Gasteiger partial charge in [0.1, 0.15) is 24.4 Å². The van der Waals surface area contributed by atoms with Gasteiger partial charge in [0, 0.05) is 45.5 Å². The summed E-state index contributed by atoms with van der Waals surface area (Å²) in [5, 5.41) is 14.1. The van der Waals surface area contributed by atoms with Crippen molar-refractivity contribution in [1.82, 2.24) is 10.3 Å². The lowest BCUT2D eigenvalue weighted by Crippen LogP contribution is -2.66. The molecule has 2 N–H and O–H groups in total. The minimum absolute atomic E-state index is 0.261. The van der Waals surface area contributed by atoms with Crippen molar-refractivity contribution in [2.45, 2.75) is 76.8 Å². The Balaban J connectivity index is 1.70. The lowest BCUT2D eigenvalue weighted by molar-refractivity contribution is -0.271. The van der Waals surface area contributed by atoms with E-state index in [1.165, 1.54) is 18.2 Å². The van der Waals surface area contributed by atoms with Crippen LogP contribution in [0.15, 0.2) is 48.1 Å². The second kappa shape index (κ2) is 15.1. The number of halogens is 6. The maximum atomic E-state index is 13.8. The Morgan fingerprint density at radius 2 is 1.56 bits per heavy atom. The predicted molar refractivity (Wildman–Crippen MR) is 157 cm³/mol. The molecule has 4 unspecified atom stereocenters. The number of rotatable bonds is 10. The molecule has 272 valence electrons. The van der Waals surface area contributed by atoms with Gasteiger partial charge in [0.2, 0.25) is 6.29 Å². The van der Waals surface area contributed by atoms with Crippen LogP contribution in [0.4, 0.5) is 26.3 Å². The third-order valence-corrected chi connectivity index (χ3v) is 7.71. The molecule has 1 saturated heterocycles. The van der Waals surface area contributed by atoms with E-state index in [9.17, 15) is 50.6 Å². The Kier molecular flexibility index (Phi) is 11.6. The predicted octanol–water partition coefficient (Wildman–Crippen LogP) is 4.09. The number of aliphatic hydroxyl groups is 1. The first kappa shape index (κ1) is 38.3. The molecule has 0 radical (unpaired) electrons. The Hall–Kier alpha value is -4.55. The van der Waals surface area contributed by atoms with Gasteiger partial charge in [0.15, 0.2) is 12.2 Å². The topological polar surface area (TPSA) is 160 Å². The molecule has 2 aromatic rings. The van der Waals surface area contributed by atoms with Crippen LogP contribution in [0.5, 0.6) is 0 Å². The second-order valence-corrected chi connectivity index (χ2v) is 11.4. The van der Waals surface area contributed by atoms with E-state index in [0.717, 1.165) is 39.8 Å². The standard InChI is InChI=1S/C32H32F6N2O10/c1-14(41)46-13-23-28(47-15(2)42)29(48-16(3)43)26(30(50-23)49-17(4)44)39-12-18-7-5-8-19(18)27(45)21-11-24(32(36,37)38)40-25-20(21)9-6-10-22(25)31(33,34)35/h5-11,19,23,26-30,39,45H,12-13H2,1-4H3/t19?,23?,26-,27?,28+,29?,30+/m0/s1. The summed E-state index contributed by atoms with van der Waals surface area (Å²) < 4.78 is 110. The number of nitrogens with zero attached hydrogens (tertiary/aromatic N) is 1. The molecule has 0 amide bonds. The normalized spacial score (nSPS) is 24.3. The second-order valence-electron chi connectivity index (χ2n) is 11.4. The number of aliphatic hydroxyl groups excluding tert-OH is 1. The zero-order valence-electron chi connectivity index (χ0n) is 26.8. The summed E-state index contributed by atoms with van der Waals surface area (Å²) in [5.41, 5.74) is -4.25. The number of esters is 4. The zero-order chi connectivity index (χ0) is 37.1. The number of fused-ring (bicyclic) bond motifs is 1. The Morgan fingerprint density at radius 1 is 0.920 bits per heavy atom. The van der Waals surface area contributed by atoms with Gasteiger partial charge in [-0.3, -0.25) is 19.2 Å². The summed E-state index contributed by atoms with van der Waals surface area (Å²) in [6.45, 7) is 3.49. The summed E-state index contributed by atoms with van der Waals surface area (Å²) in [6, 6.07) is 1.88. The number of carbonyl (C=O) groups excluding carboxylic acids is 4. The number of aromatic nitrogens is 1. The molecule has 0 bridgehead atoms. The number of hydrogen-bond donors (Lipinski definition) is 2. The van der Waals surface area contributed by atoms with E-state index in [4.69, 9.17) is 23.7 Å². The summed E-state index contributed by atoms with van der Waals surface area (Å²) >= 11 is 0. The highest BCUT2D eigenvalue weighted by Gasteiger charge is 2.52. The fraction of sp³-hybridized carbons (Fsp3) is 0.469. The third kappa shape index (κ3) is 8.97. The zero-order valence-corrected chi connectivity index (χ0v) is 26.8. The molecule has 2 aliphatic rings. The van der Waals surface area contributed by atoms with Crippen LogP contribution >= 0.6 is 0 Å². The van der Waals surface area contributed by atoms with Crippen LogP contribution in [0.25, 0.3) is 10.9 Å². The molecular weight excluding hydrogens is 686 g/mol. The van der Waals surface area contributed by atoms with Crippen molar-refractivity contribution in [3.63, 3.8) is 0 Å². The molecule has 7 atom stereocenters. The fourth-order valence-corrected chi connectivity index (χ4v) is 5.72. The van der Waals surface area contributed by atoms with Crippen LogP contribution in [-0.2, 0) is 55.2 Å². The number of ether oxygens (including phenoxy) is 5. The third-order valence-electron chi connectivity index (χ3n) is 7.71. The monoisotopic (exact) mass is 718 g/mol. The van der Waals surface area contributed by atoms with Gasteiger partial charge in [-0.15, -0.1) is 0 Å². The number of benzene rings is 1. The number of hydrogen-bond acceptors (Lipinski definition) is 12. The molecule has 1 aromatic heterocycles. The highest BCUT2D eigenvalue weighted by molar-refractivity contribution is 5.86. The molecule has 0 spiro atoms. The maximum Gasteiger partial charge on any atom is 0.433 e. The average Bonchev–Trinajstić information content (AvgIpc) is 3.46. The number of para-hydroxylation sites is 1. The molecule has 18 heteroatoms. The Morgan fingerprint density at radius 3 is 2.14 bits per heavy atom. The van der Waals surface area contributed by atoms with E-state index in [0.29, 0.717) is 12.1 Å². The quantitative estimate of drug-likeness (QED) is 0.206. The number of nitrogens with one attached hydrogen (secondary N) is 1. The van der Waals surface area contributed by atoms with Crippen LogP contribution in [0, 0.1) is 5.92 Å². The summed E-state index contributed by atoms with van der Waals surface area (Å²) in [4.78, 5) is 51.1. The van der Waals surface area contributed by atoms with E-state index in [2.05, 4.69) is 10.3 Å². The van der Waals surface area contributed by atoms with Crippen LogP contribution in [0.2, 0.25) is 0 Å². The molecule has 1 aliphatic heterocycles. The van der Waals surface area contributed by atoms with E-state index < -0.39 is 108 Å². The van der Waals surface area contributed by atoms with Gasteiger partial charge in [0.25, 0.3) is 0 Å². The summed E-state index contributed by atoms with van der Waals surface area (Å²) in [7, 11) is 0. The van der Waals surface area contributed by atoms with E-state index in [-0.39, 0.29) is 17.5 Å². The van der Waals surface area contributed by atoms with E-state index in [1.807, 2.05) is 0 Å². The van der Waals surface area contributed by atoms with Gasteiger partial charge in [-0.25, -0.2) is 4.98 Å². The van der Waals surface area contributed by atoms with Crippen LogP contribution in [-0.4, -0.2) is 77.8 Å². The first-order chi connectivity index (χ1) is 23.3. The van der Waals surface area contributed by atoms with Gasteiger partial charge in [-0.1, -0.05) is 30.4 Å². The lowest BCUT2D eigenvalue weighted by Gasteiger charge is -2.44. The number of allylic oxidation sites excluding steroid dienone is 2. The number of alkyl halides is 6.